The molecule has 3 heterocycles. The molecule has 4 rings (SSSR count). The number of rotatable bonds is 1. The van der Waals surface area contributed by atoms with Gasteiger partial charge in [0, 0.05) is 5.56 Å². The van der Waals surface area contributed by atoms with E-state index in [1.165, 1.54) is 31.2 Å². The summed E-state index contributed by atoms with van der Waals surface area (Å²) in [5.41, 5.74) is 3.37. The summed E-state index contributed by atoms with van der Waals surface area (Å²) in [5, 5.41) is 0. The van der Waals surface area contributed by atoms with Crippen LogP contribution in [0.5, 0.6) is 0 Å². The van der Waals surface area contributed by atoms with Crippen molar-refractivity contribution < 1.29 is 9.15 Å². The van der Waals surface area contributed by atoms with Crippen molar-refractivity contribution in [2.45, 2.75) is 44.3 Å². The van der Waals surface area contributed by atoms with Crippen LogP contribution in [0.15, 0.2) is 10.5 Å². The van der Waals surface area contributed by atoms with Crippen LogP contribution in [0, 0.1) is 5.92 Å². The van der Waals surface area contributed by atoms with E-state index in [4.69, 9.17) is 9.15 Å². The summed E-state index contributed by atoms with van der Waals surface area (Å²) >= 11 is 0. The Morgan fingerprint density at radius 2 is 2.12 bits per heavy atom. The first kappa shape index (κ1) is 9.06. The van der Waals surface area contributed by atoms with Gasteiger partial charge in [0.25, 0.3) is 0 Å². The van der Waals surface area contributed by atoms with Gasteiger partial charge in [-0.3, -0.25) is 0 Å². The molecule has 3 atom stereocenters. The van der Waals surface area contributed by atoms with Crippen LogP contribution in [-0.2, 0) is 4.74 Å². The van der Waals surface area contributed by atoms with Crippen LogP contribution in [0.25, 0.3) is 12.2 Å². The third-order valence-corrected chi connectivity index (χ3v) is 4.18. The summed E-state index contributed by atoms with van der Waals surface area (Å²) in [5.74, 6) is 0.889. The maximum absolute atomic E-state index is 6.15. The van der Waals surface area contributed by atoms with Crippen molar-refractivity contribution in [1.29, 1.82) is 0 Å². The van der Waals surface area contributed by atoms with Gasteiger partial charge in [-0.1, -0.05) is 0 Å². The Balaban J connectivity index is 1.74. The van der Waals surface area contributed by atoms with E-state index in [1.54, 1.807) is 0 Å². The number of hydrogen-bond donors (Lipinski definition) is 0. The van der Waals surface area contributed by atoms with Crippen LogP contribution in [0.4, 0.5) is 0 Å². The van der Waals surface area contributed by atoms with Crippen LogP contribution in [0.2, 0.25) is 0 Å². The van der Waals surface area contributed by atoms with Crippen molar-refractivity contribution in [3.8, 4) is 0 Å². The van der Waals surface area contributed by atoms with Crippen molar-refractivity contribution >= 4 is 12.2 Å². The maximum atomic E-state index is 6.15. The Morgan fingerprint density at radius 3 is 3.00 bits per heavy atom. The molecule has 1 aliphatic carbocycles. The van der Waals surface area contributed by atoms with Crippen molar-refractivity contribution in [1.82, 2.24) is 0 Å². The molecule has 0 radical (unpaired) electrons. The predicted octanol–water partition coefficient (Wildman–Crippen LogP) is 1.87. The van der Waals surface area contributed by atoms with Crippen LogP contribution in [-0.4, -0.2) is 6.10 Å². The molecule has 1 aromatic rings. The number of ether oxygens (including phenoxy) is 1. The van der Waals surface area contributed by atoms with E-state index in [0.29, 0.717) is 12.2 Å². The lowest BCUT2D eigenvalue weighted by atomic mass is 9.94. The largest absolute Gasteiger partial charge is 0.458 e. The zero-order valence-corrected chi connectivity index (χ0v) is 9.32. The summed E-state index contributed by atoms with van der Waals surface area (Å²) in [7, 11) is 0. The first-order valence-corrected chi connectivity index (χ1v) is 6.34. The Morgan fingerprint density at radius 1 is 1.12 bits per heavy atom. The minimum Gasteiger partial charge on any atom is -0.458 e. The lowest BCUT2D eigenvalue weighted by Crippen LogP contribution is -2.23. The van der Waals surface area contributed by atoms with E-state index < -0.39 is 0 Å². The highest BCUT2D eigenvalue weighted by Gasteiger charge is 2.36. The molecule has 0 spiro atoms. The van der Waals surface area contributed by atoms with Crippen molar-refractivity contribution in [3.05, 3.63) is 22.5 Å². The Hall–Kier alpha value is -1.02. The Labute approximate surface area is 94.6 Å². The highest BCUT2D eigenvalue weighted by atomic mass is 16.5. The van der Waals surface area contributed by atoms with Crippen LogP contribution < -0.4 is 10.8 Å². The second-order valence-electron chi connectivity index (χ2n) is 5.27. The summed E-state index contributed by atoms with van der Waals surface area (Å²) in [6.07, 6.45) is 11.2. The number of fused-ring (bicyclic) bond motifs is 4. The molecule has 1 saturated heterocycles. The molecule has 3 unspecified atom stereocenters. The predicted molar refractivity (Wildman–Crippen MR) is 61.1 cm³/mol. The molecule has 3 aliphatic rings. The molecule has 0 amide bonds. The number of hydrogen-bond acceptors (Lipinski definition) is 2. The van der Waals surface area contributed by atoms with Crippen molar-refractivity contribution in [3.63, 3.8) is 0 Å². The second kappa shape index (κ2) is 3.24. The molecule has 16 heavy (non-hydrogen) atoms. The third kappa shape index (κ3) is 1.29. The maximum Gasteiger partial charge on any atom is 0.129 e. The molecular formula is C14H16O2. The monoisotopic (exact) mass is 216 g/mol. The molecule has 2 heteroatoms. The van der Waals surface area contributed by atoms with Crippen LogP contribution in [0.3, 0.4) is 0 Å². The zero-order valence-electron chi connectivity index (χ0n) is 9.32. The SMILES string of the molecule is C1=c2cc(C3CC4CCC(C4)O3)c(o2)=CC1. The molecule has 2 aliphatic heterocycles. The van der Waals surface area contributed by atoms with Gasteiger partial charge in [0.15, 0.2) is 0 Å². The van der Waals surface area contributed by atoms with E-state index >= 15 is 0 Å². The van der Waals surface area contributed by atoms with Crippen LogP contribution >= 0.6 is 0 Å². The van der Waals surface area contributed by atoms with E-state index in [2.05, 4.69) is 18.2 Å². The molecule has 2 fully saturated rings. The van der Waals surface area contributed by atoms with Gasteiger partial charge >= 0.3 is 0 Å². The van der Waals surface area contributed by atoms with Crippen molar-refractivity contribution in [2.75, 3.05) is 0 Å². The Kier molecular flexibility index (Phi) is 1.83. The normalized spacial score (nSPS) is 35.6. The fourth-order valence-corrected chi connectivity index (χ4v) is 3.39. The standard InChI is InChI=1S/C14H16O2/c1-2-10-8-12(13(3-1)15-10)14-7-9-4-5-11(6-9)16-14/h2-3,8-9,11,14H,1,4-7H2. The van der Waals surface area contributed by atoms with E-state index in [0.717, 1.165) is 23.2 Å². The van der Waals surface area contributed by atoms with E-state index in [9.17, 15) is 0 Å². The van der Waals surface area contributed by atoms with Gasteiger partial charge in [-0.05, 0) is 56.2 Å². The molecule has 84 valence electrons. The fourth-order valence-electron chi connectivity index (χ4n) is 3.39. The van der Waals surface area contributed by atoms with E-state index in [-0.39, 0.29) is 0 Å². The topological polar surface area (TPSA) is 22.4 Å². The highest BCUT2D eigenvalue weighted by Crippen LogP contribution is 2.42. The van der Waals surface area contributed by atoms with Gasteiger partial charge in [0.1, 0.15) is 10.8 Å². The van der Waals surface area contributed by atoms with Gasteiger partial charge < -0.3 is 9.15 Å². The highest BCUT2D eigenvalue weighted by molar-refractivity contribution is 5.41. The molecule has 2 nitrogen and oxygen atoms in total. The minimum atomic E-state index is 0.293. The fraction of sp³-hybridized carbons (Fsp3) is 0.571. The molecule has 0 N–H and O–H groups in total. The van der Waals surface area contributed by atoms with E-state index in [1.807, 2.05) is 0 Å². The molecule has 1 saturated carbocycles. The van der Waals surface area contributed by atoms with Gasteiger partial charge in [0.05, 0.1) is 12.2 Å². The van der Waals surface area contributed by atoms with Crippen molar-refractivity contribution in [2.24, 2.45) is 5.92 Å². The smallest absolute Gasteiger partial charge is 0.129 e. The van der Waals surface area contributed by atoms with Crippen LogP contribution in [0.1, 0.15) is 43.8 Å². The Bertz CT molecular complexity index is 513. The first-order chi connectivity index (χ1) is 7.88. The lowest BCUT2D eigenvalue weighted by Gasteiger charge is -2.27. The lowest BCUT2D eigenvalue weighted by molar-refractivity contribution is -0.0451. The number of furan rings is 1. The van der Waals surface area contributed by atoms with Gasteiger partial charge in [0.2, 0.25) is 0 Å². The molecule has 4 bridgehead atoms. The molecular weight excluding hydrogens is 200 g/mol. The second-order valence-corrected chi connectivity index (χ2v) is 5.27. The summed E-state index contributed by atoms with van der Waals surface area (Å²) in [6, 6.07) is 2.17. The summed E-state index contributed by atoms with van der Waals surface area (Å²) < 4.78 is 11.9. The van der Waals surface area contributed by atoms with Gasteiger partial charge in [-0.15, -0.1) is 0 Å². The molecule has 1 aromatic heterocycles. The zero-order chi connectivity index (χ0) is 10.5. The third-order valence-electron chi connectivity index (χ3n) is 4.18. The average molecular weight is 216 g/mol. The molecule has 0 aromatic carbocycles. The first-order valence-electron chi connectivity index (χ1n) is 6.34. The van der Waals surface area contributed by atoms with Gasteiger partial charge in [-0.25, -0.2) is 0 Å². The average Bonchev–Trinajstić information content (AvgIpc) is 2.79. The minimum absolute atomic E-state index is 0.293. The summed E-state index contributed by atoms with van der Waals surface area (Å²) in [6.45, 7) is 0. The quantitative estimate of drug-likeness (QED) is 0.715. The summed E-state index contributed by atoms with van der Waals surface area (Å²) in [4.78, 5) is 0. The van der Waals surface area contributed by atoms with Gasteiger partial charge in [-0.2, -0.15) is 0 Å².